The highest BCUT2D eigenvalue weighted by molar-refractivity contribution is 7.07. The number of thiazole rings is 1. The van der Waals surface area contributed by atoms with Gasteiger partial charge in [-0.2, -0.15) is 10.2 Å². The molecular weight excluding hydrogens is 580 g/mol. The number of nitrogens with zero attached hydrogens (tertiary/aromatic N) is 5. The molecule has 0 saturated carbocycles. The van der Waals surface area contributed by atoms with Gasteiger partial charge >= 0.3 is 0 Å². The van der Waals surface area contributed by atoms with Crippen molar-refractivity contribution in [3.05, 3.63) is 115 Å². The lowest BCUT2D eigenvalue weighted by molar-refractivity contribution is 0.415. The third kappa shape index (κ3) is 6.09. The highest BCUT2D eigenvalue weighted by Gasteiger charge is 2.15. The number of rotatable bonds is 7. The monoisotopic (exact) mass is 599 g/mol. The Kier molecular flexibility index (Phi) is 8.18. The number of ether oxygens (including phenoxy) is 1. The summed E-state index contributed by atoms with van der Waals surface area (Å²) in [5, 5.41) is 12.7. The highest BCUT2D eigenvalue weighted by Crippen LogP contribution is 2.31. The van der Waals surface area contributed by atoms with Crippen LogP contribution in [0.1, 0.15) is 16.8 Å². The predicted molar refractivity (Wildman–Crippen MR) is 156 cm³/mol. The maximum atomic E-state index is 13.3. The third-order valence-corrected chi connectivity index (χ3v) is 7.61. The minimum Gasteiger partial charge on any atom is -0.497 e. The van der Waals surface area contributed by atoms with Crippen LogP contribution in [-0.2, 0) is 6.54 Å². The van der Waals surface area contributed by atoms with E-state index in [-0.39, 0.29) is 5.82 Å². The molecule has 3 aromatic carbocycles. The summed E-state index contributed by atoms with van der Waals surface area (Å²) in [6, 6.07) is 18.9. The summed E-state index contributed by atoms with van der Waals surface area (Å²) in [5.74, 6) is 0.442. The lowest BCUT2D eigenvalue weighted by atomic mass is 10.2. The molecule has 0 amide bonds. The number of benzene rings is 3. The van der Waals surface area contributed by atoms with E-state index in [0.29, 0.717) is 37.8 Å². The molecule has 39 heavy (non-hydrogen) atoms. The topological polar surface area (TPSA) is 56.7 Å². The molecule has 0 N–H and O–H groups in total. The van der Waals surface area contributed by atoms with Gasteiger partial charge in [-0.25, -0.2) is 18.7 Å². The molecule has 0 aliphatic carbocycles. The van der Waals surface area contributed by atoms with Crippen LogP contribution < -0.4 is 9.54 Å². The number of halogens is 4. The van der Waals surface area contributed by atoms with Gasteiger partial charge in [-0.15, -0.1) is 11.3 Å². The summed E-state index contributed by atoms with van der Waals surface area (Å²) in [5.41, 5.74) is 4.44. The maximum absolute atomic E-state index is 13.3. The van der Waals surface area contributed by atoms with E-state index in [1.54, 1.807) is 46.9 Å². The van der Waals surface area contributed by atoms with Crippen LogP contribution in [0.2, 0.25) is 15.2 Å². The van der Waals surface area contributed by atoms with E-state index >= 15 is 0 Å². The van der Waals surface area contributed by atoms with Crippen molar-refractivity contribution in [1.82, 2.24) is 14.5 Å². The van der Waals surface area contributed by atoms with Crippen molar-refractivity contribution in [1.29, 1.82) is 0 Å². The second-order valence-corrected chi connectivity index (χ2v) is 10.5. The Balaban J connectivity index is 1.57. The first kappa shape index (κ1) is 27.1. The summed E-state index contributed by atoms with van der Waals surface area (Å²) in [6.07, 6.45) is 1.65. The second-order valence-electron chi connectivity index (χ2n) is 8.47. The average molecular weight is 601 g/mol. The molecule has 0 saturated heterocycles. The van der Waals surface area contributed by atoms with E-state index in [2.05, 4.69) is 5.10 Å². The van der Waals surface area contributed by atoms with Crippen molar-refractivity contribution in [3.8, 4) is 17.0 Å². The van der Waals surface area contributed by atoms with E-state index in [0.717, 1.165) is 28.3 Å². The fourth-order valence-corrected chi connectivity index (χ4v) is 5.47. The first-order chi connectivity index (χ1) is 18.8. The molecule has 0 atom stereocenters. The van der Waals surface area contributed by atoms with Crippen molar-refractivity contribution in [2.24, 2.45) is 10.1 Å². The number of methoxy groups -OCH3 is 1. The Morgan fingerprint density at radius 2 is 1.77 bits per heavy atom. The fraction of sp³-hybridized carbons (Fsp3) is 0.107. The van der Waals surface area contributed by atoms with Crippen LogP contribution in [0, 0.1) is 12.7 Å². The van der Waals surface area contributed by atoms with Crippen molar-refractivity contribution >= 4 is 58.0 Å². The van der Waals surface area contributed by atoms with Crippen molar-refractivity contribution in [3.63, 3.8) is 0 Å². The summed E-state index contributed by atoms with van der Waals surface area (Å²) in [4.78, 5) is 5.41. The largest absolute Gasteiger partial charge is 0.497 e. The SMILES string of the molecule is COc1ccc(N=c2scc(-c3ccc(Cl)cc3Cl)n2/N=C/c2c(C)nn(Cc3ccc(F)cc3)c2Cl)cc1. The second kappa shape index (κ2) is 11.8. The van der Waals surface area contributed by atoms with Crippen molar-refractivity contribution < 1.29 is 9.13 Å². The van der Waals surface area contributed by atoms with Gasteiger partial charge in [0.1, 0.15) is 16.7 Å². The van der Waals surface area contributed by atoms with Crippen LogP contribution in [0.3, 0.4) is 0 Å². The third-order valence-electron chi connectivity index (χ3n) is 5.85. The van der Waals surface area contributed by atoms with Gasteiger partial charge < -0.3 is 4.74 Å². The number of aromatic nitrogens is 3. The smallest absolute Gasteiger partial charge is 0.211 e. The normalized spacial score (nSPS) is 12.0. The Bertz CT molecular complexity index is 1720. The van der Waals surface area contributed by atoms with E-state index < -0.39 is 0 Å². The molecule has 0 aliphatic heterocycles. The Morgan fingerprint density at radius 1 is 1.03 bits per heavy atom. The molecule has 0 bridgehead atoms. The summed E-state index contributed by atoms with van der Waals surface area (Å²) < 4.78 is 21.9. The minimum atomic E-state index is -0.297. The zero-order chi connectivity index (χ0) is 27.5. The zero-order valence-corrected chi connectivity index (χ0v) is 23.9. The Labute approximate surface area is 243 Å². The first-order valence-corrected chi connectivity index (χ1v) is 13.7. The molecule has 0 unspecified atom stereocenters. The summed E-state index contributed by atoms with van der Waals surface area (Å²) >= 11 is 20.8. The predicted octanol–water partition coefficient (Wildman–Crippen LogP) is 7.99. The van der Waals surface area contributed by atoms with Gasteiger partial charge in [-0.05, 0) is 67.1 Å². The molecule has 0 aliphatic rings. The number of hydrogen-bond donors (Lipinski definition) is 0. The van der Waals surface area contributed by atoms with E-state index in [4.69, 9.17) is 49.6 Å². The van der Waals surface area contributed by atoms with Crippen LogP contribution in [-0.4, -0.2) is 27.8 Å². The van der Waals surface area contributed by atoms with Crippen LogP contribution in [0.25, 0.3) is 11.3 Å². The van der Waals surface area contributed by atoms with E-state index in [9.17, 15) is 4.39 Å². The maximum Gasteiger partial charge on any atom is 0.211 e. The molecule has 0 spiro atoms. The van der Waals surface area contributed by atoms with Crippen LogP contribution in [0.15, 0.2) is 82.2 Å². The molecular formula is C28H21Cl3FN5OS. The summed E-state index contributed by atoms with van der Waals surface area (Å²) in [7, 11) is 1.62. The molecule has 198 valence electrons. The minimum absolute atomic E-state index is 0.297. The molecule has 5 aromatic rings. The van der Waals surface area contributed by atoms with Crippen molar-refractivity contribution in [2.45, 2.75) is 13.5 Å². The molecule has 0 fully saturated rings. The zero-order valence-electron chi connectivity index (χ0n) is 20.8. The molecule has 0 radical (unpaired) electrons. The van der Waals surface area contributed by atoms with Crippen LogP contribution in [0.4, 0.5) is 10.1 Å². The van der Waals surface area contributed by atoms with Gasteiger partial charge in [-0.1, -0.05) is 46.9 Å². The quantitative estimate of drug-likeness (QED) is 0.178. The van der Waals surface area contributed by atoms with E-state index in [1.165, 1.54) is 23.5 Å². The van der Waals surface area contributed by atoms with Gasteiger partial charge in [0.05, 0.1) is 47.5 Å². The van der Waals surface area contributed by atoms with Gasteiger partial charge in [0, 0.05) is 16.0 Å². The van der Waals surface area contributed by atoms with Gasteiger partial charge in [0.15, 0.2) is 0 Å². The van der Waals surface area contributed by atoms with Crippen LogP contribution >= 0.6 is 46.1 Å². The van der Waals surface area contributed by atoms with Gasteiger partial charge in [0.25, 0.3) is 0 Å². The standard InChI is InChI=1S/C28H21Cl3FN5OS/c1-17-24(27(31)36(35-17)15-18-3-6-20(32)7-4-18)14-33-37-26(23-12-5-19(29)13-25(23)30)16-39-28(37)34-21-8-10-22(38-2)11-9-21/h3-14,16H,15H2,1-2H3/b33-14+,34-28?. The molecule has 11 heteroatoms. The van der Waals surface area contributed by atoms with E-state index in [1.807, 2.05) is 42.6 Å². The lowest BCUT2D eigenvalue weighted by Crippen LogP contribution is -2.11. The number of hydrogen-bond acceptors (Lipinski definition) is 5. The fourth-order valence-electron chi connectivity index (χ4n) is 3.84. The summed E-state index contributed by atoms with van der Waals surface area (Å²) in [6.45, 7) is 2.25. The molecule has 6 nitrogen and oxygen atoms in total. The molecule has 2 aromatic heterocycles. The number of aryl methyl sites for hydroxylation is 1. The highest BCUT2D eigenvalue weighted by atomic mass is 35.5. The van der Waals surface area contributed by atoms with Crippen molar-refractivity contribution in [2.75, 3.05) is 7.11 Å². The lowest BCUT2D eigenvalue weighted by Gasteiger charge is -2.06. The molecule has 2 heterocycles. The van der Waals surface area contributed by atoms with Gasteiger partial charge in [-0.3, -0.25) is 0 Å². The Hall–Kier alpha value is -3.43. The van der Waals surface area contributed by atoms with Gasteiger partial charge in [0.2, 0.25) is 4.80 Å². The average Bonchev–Trinajstić information content (AvgIpc) is 3.43. The Morgan fingerprint density at radius 3 is 2.46 bits per heavy atom. The molecule has 5 rings (SSSR count). The van der Waals surface area contributed by atoms with Crippen LogP contribution in [0.5, 0.6) is 5.75 Å². The first-order valence-electron chi connectivity index (χ1n) is 11.7.